The Morgan fingerprint density at radius 2 is 2.18 bits per heavy atom. The van der Waals surface area contributed by atoms with Gasteiger partial charge in [-0.2, -0.15) is 0 Å². The lowest BCUT2D eigenvalue weighted by molar-refractivity contribution is -0.139. The maximum Gasteiger partial charge on any atom is 0.251 e. The first-order chi connectivity index (χ1) is 8.15. The Morgan fingerprint density at radius 3 is 2.82 bits per heavy atom. The van der Waals surface area contributed by atoms with Crippen molar-refractivity contribution in [1.29, 1.82) is 0 Å². The second kappa shape index (κ2) is 5.57. The number of ether oxygens (including phenoxy) is 1. The first kappa shape index (κ1) is 13.2. The monoisotopic (exact) mass is 259 g/mol. The molecule has 3 nitrogen and oxygen atoms in total. The Morgan fingerprint density at radius 1 is 1.41 bits per heavy atom. The van der Waals surface area contributed by atoms with Crippen LogP contribution in [0.2, 0.25) is 0 Å². The van der Waals surface area contributed by atoms with Crippen molar-refractivity contribution in [1.82, 2.24) is 5.32 Å². The van der Waals surface area contributed by atoms with Crippen LogP contribution < -0.4 is 5.32 Å². The van der Waals surface area contributed by atoms with E-state index in [4.69, 9.17) is 16.3 Å². The zero-order valence-corrected chi connectivity index (χ0v) is 11.3. The number of nitrogens with one attached hydrogen (secondary N) is 1. The highest BCUT2D eigenvalue weighted by Crippen LogP contribution is 2.32. The number of hydrogen-bond acceptors (Lipinski definition) is 2. The summed E-state index contributed by atoms with van der Waals surface area (Å²) in [6.07, 6.45) is 5.46. The molecule has 0 aromatic rings. The molecule has 1 saturated heterocycles. The van der Waals surface area contributed by atoms with Crippen LogP contribution in [-0.4, -0.2) is 30.5 Å². The van der Waals surface area contributed by atoms with E-state index in [0.29, 0.717) is 24.3 Å². The van der Waals surface area contributed by atoms with Crippen molar-refractivity contribution in [2.24, 2.45) is 11.8 Å². The Bertz CT molecular complexity index is 277. The first-order valence-electron chi connectivity index (χ1n) is 6.64. The summed E-state index contributed by atoms with van der Waals surface area (Å²) in [5, 5.41) is 3.05. The van der Waals surface area contributed by atoms with E-state index in [1.807, 2.05) is 6.92 Å². The van der Waals surface area contributed by atoms with Crippen LogP contribution in [-0.2, 0) is 9.53 Å². The summed E-state index contributed by atoms with van der Waals surface area (Å²) in [4.78, 5) is 12.0. The van der Waals surface area contributed by atoms with Gasteiger partial charge in [-0.1, -0.05) is 6.42 Å². The molecule has 98 valence electrons. The van der Waals surface area contributed by atoms with Crippen LogP contribution in [0.3, 0.4) is 0 Å². The molecule has 1 N–H and O–H groups in total. The summed E-state index contributed by atoms with van der Waals surface area (Å²) in [6.45, 7) is 3.36. The van der Waals surface area contributed by atoms with Gasteiger partial charge in [-0.3, -0.25) is 4.79 Å². The molecule has 0 spiro atoms. The molecule has 1 aliphatic heterocycles. The summed E-state index contributed by atoms with van der Waals surface area (Å²) in [6, 6.07) is 0. The molecule has 2 rings (SSSR count). The third-order valence-electron chi connectivity index (χ3n) is 4.24. The SMILES string of the molecule is CC1(C(=O)NCC2CCCC2CCl)CCCO1. The third kappa shape index (κ3) is 2.94. The molecular formula is C13H22ClNO2. The molecule has 17 heavy (non-hydrogen) atoms. The number of carbonyl (C=O) groups is 1. The molecule has 2 aliphatic rings. The molecular weight excluding hydrogens is 238 g/mol. The number of amides is 1. The highest BCUT2D eigenvalue weighted by Gasteiger charge is 2.38. The molecule has 2 fully saturated rings. The normalized spacial score (nSPS) is 37.3. The van der Waals surface area contributed by atoms with Gasteiger partial charge in [0.25, 0.3) is 5.91 Å². The zero-order valence-electron chi connectivity index (χ0n) is 10.5. The van der Waals surface area contributed by atoms with Gasteiger partial charge < -0.3 is 10.1 Å². The van der Waals surface area contributed by atoms with Crippen LogP contribution in [0.15, 0.2) is 0 Å². The van der Waals surface area contributed by atoms with Crippen molar-refractivity contribution >= 4 is 17.5 Å². The molecule has 0 aromatic heterocycles. The number of carbonyl (C=O) groups excluding carboxylic acids is 1. The number of alkyl halides is 1. The number of rotatable bonds is 4. The van der Waals surface area contributed by atoms with Gasteiger partial charge in [-0.15, -0.1) is 11.6 Å². The molecule has 0 aromatic carbocycles. The Hall–Kier alpha value is -0.280. The van der Waals surface area contributed by atoms with E-state index >= 15 is 0 Å². The molecule has 0 radical (unpaired) electrons. The van der Waals surface area contributed by atoms with E-state index in [1.165, 1.54) is 19.3 Å². The van der Waals surface area contributed by atoms with Crippen LogP contribution in [0.4, 0.5) is 0 Å². The molecule has 1 saturated carbocycles. The van der Waals surface area contributed by atoms with Gasteiger partial charge in [-0.05, 0) is 44.4 Å². The van der Waals surface area contributed by atoms with Crippen molar-refractivity contribution < 1.29 is 9.53 Å². The smallest absolute Gasteiger partial charge is 0.251 e. The van der Waals surface area contributed by atoms with E-state index in [9.17, 15) is 4.79 Å². The second-order valence-electron chi connectivity index (χ2n) is 5.50. The molecule has 3 atom stereocenters. The maximum absolute atomic E-state index is 12.0. The predicted octanol–water partition coefficient (Wildman–Crippen LogP) is 2.33. The van der Waals surface area contributed by atoms with Crippen molar-refractivity contribution in [3.05, 3.63) is 0 Å². The van der Waals surface area contributed by atoms with E-state index in [1.54, 1.807) is 0 Å². The lowest BCUT2D eigenvalue weighted by Gasteiger charge is -2.24. The molecule has 1 aliphatic carbocycles. The van der Waals surface area contributed by atoms with E-state index in [2.05, 4.69) is 5.32 Å². The fraction of sp³-hybridized carbons (Fsp3) is 0.923. The second-order valence-corrected chi connectivity index (χ2v) is 5.81. The van der Waals surface area contributed by atoms with E-state index < -0.39 is 5.60 Å². The van der Waals surface area contributed by atoms with E-state index in [0.717, 1.165) is 19.4 Å². The minimum atomic E-state index is -0.588. The predicted molar refractivity (Wildman–Crippen MR) is 68.2 cm³/mol. The van der Waals surface area contributed by atoms with Crippen molar-refractivity contribution in [3.63, 3.8) is 0 Å². The largest absolute Gasteiger partial charge is 0.365 e. The first-order valence-corrected chi connectivity index (χ1v) is 7.17. The van der Waals surface area contributed by atoms with Gasteiger partial charge in [0.05, 0.1) is 0 Å². The quantitative estimate of drug-likeness (QED) is 0.787. The molecule has 1 heterocycles. The Balaban J connectivity index is 1.79. The van der Waals surface area contributed by atoms with Crippen molar-refractivity contribution in [2.75, 3.05) is 19.0 Å². The van der Waals surface area contributed by atoms with Crippen molar-refractivity contribution in [3.8, 4) is 0 Å². The third-order valence-corrected chi connectivity index (χ3v) is 4.64. The zero-order chi connectivity index (χ0) is 12.3. The van der Waals surface area contributed by atoms with Crippen LogP contribution in [0, 0.1) is 11.8 Å². The fourth-order valence-electron chi connectivity index (χ4n) is 2.95. The molecule has 1 amide bonds. The minimum Gasteiger partial charge on any atom is -0.365 e. The van der Waals surface area contributed by atoms with Crippen LogP contribution in [0.1, 0.15) is 39.0 Å². The van der Waals surface area contributed by atoms with Crippen molar-refractivity contribution in [2.45, 2.75) is 44.6 Å². The molecule has 4 heteroatoms. The van der Waals surface area contributed by atoms with Gasteiger partial charge in [0, 0.05) is 19.0 Å². The highest BCUT2D eigenvalue weighted by atomic mass is 35.5. The standard InChI is InChI=1S/C13H22ClNO2/c1-13(6-3-7-17-13)12(16)15-9-11-5-2-4-10(11)8-14/h10-11H,2-9H2,1H3,(H,15,16). The number of halogens is 1. The summed E-state index contributed by atoms with van der Waals surface area (Å²) in [5.74, 6) is 1.90. The Kier molecular flexibility index (Phi) is 4.31. The van der Waals surface area contributed by atoms with Gasteiger partial charge in [0.2, 0.25) is 0 Å². The average Bonchev–Trinajstić information content (AvgIpc) is 2.95. The summed E-state index contributed by atoms with van der Waals surface area (Å²) in [5.41, 5.74) is -0.588. The average molecular weight is 260 g/mol. The van der Waals surface area contributed by atoms with Crippen LogP contribution in [0.5, 0.6) is 0 Å². The minimum absolute atomic E-state index is 0.0511. The lowest BCUT2D eigenvalue weighted by Crippen LogP contribution is -2.45. The van der Waals surface area contributed by atoms with Crippen LogP contribution >= 0.6 is 11.6 Å². The molecule has 0 bridgehead atoms. The Labute approximate surface area is 108 Å². The van der Waals surface area contributed by atoms with E-state index in [-0.39, 0.29) is 5.91 Å². The topological polar surface area (TPSA) is 38.3 Å². The van der Waals surface area contributed by atoms with Crippen LogP contribution in [0.25, 0.3) is 0 Å². The summed E-state index contributed by atoms with van der Waals surface area (Å²) >= 11 is 5.93. The van der Waals surface area contributed by atoms with Gasteiger partial charge in [-0.25, -0.2) is 0 Å². The van der Waals surface area contributed by atoms with Gasteiger partial charge >= 0.3 is 0 Å². The molecule has 3 unspecified atom stereocenters. The fourth-order valence-corrected chi connectivity index (χ4v) is 3.36. The summed E-state index contributed by atoms with van der Waals surface area (Å²) < 4.78 is 5.53. The lowest BCUT2D eigenvalue weighted by atomic mass is 9.97. The summed E-state index contributed by atoms with van der Waals surface area (Å²) in [7, 11) is 0. The highest BCUT2D eigenvalue weighted by molar-refractivity contribution is 6.18. The number of hydrogen-bond donors (Lipinski definition) is 1. The van der Waals surface area contributed by atoms with Gasteiger partial charge in [0.1, 0.15) is 5.60 Å². The maximum atomic E-state index is 12.0. The van der Waals surface area contributed by atoms with Gasteiger partial charge in [0.15, 0.2) is 0 Å².